The number of aryl methyl sites for hydroxylation is 2. The highest BCUT2D eigenvalue weighted by molar-refractivity contribution is 5.81. The Bertz CT molecular complexity index is 774. The number of benzene rings is 2. The highest BCUT2D eigenvalue weighted by atomic mass is 16.5. The number of imidazole rings is 1. The molecule has 0 spiro atoms. The lowest BCUT2D eigenvalue weighted by Crippen LogP contribution is -2.06. The first-order chi connectivity index (χ1) is 10.2. The van der Waals surface area contributed by atoms with Crippen LogP contribution >= 0.6 is 0 Å². The maximum absolute atomic E-state index is 5.26. The van der Waals surface area contributed by atoms with Crippen LogP contribution in [0.25, 0.3) is 22.4 Å². The number of hydrogen-bond acceptors (Lipinski definition) is 2. The Morgan fingerprint density at radius 1 is 1.10 bits per heavy atom. The van der Waals surface area contributed by atoms with Gasteiger partial charge in [-0.25, -0.2) is 4.98 Å². The standard InChI is InChI=1S/C18H20N2O/c1-13-8-9-15(14(2)12-13)18-19-16-6-4-5-7-17(16)20(18)10-11-21-3/h4-9,12H,10-11H2,1-3H3. The molecule has 0 saturated carbocycles. The molecule has 0 aliphatic rings. The topological polar surface area (TPSA) is 27.1 Å². The summed E-state index contributed by atoms with van der Waals surface area (Å²) in [5, 5.41) is 0. The van der Waals surface area contributed by atoms with Crippen LogP contribution in [0.4, 0.5) is 0 Å². The summed E-state index contributed by atoms with van der Waals surface area (Å²) in [6.07, 6.45) is 0. The number of nitrogens with zero attached hydrogens (tertiary/aromatic N) is 2. The molecule has 0 atom stereocenters. The van der Waals surface area contributed by atoms with Crippen LogP contribution in [0.5, 0.6) is 0 Å². The molecule has 108 valence electrons. The van der Waals surface area contributed by atoms with Crippen molar-refractivity contribution in [3.63, 3.8) is 0 Å². The van der Waals surface area contributed by atoms with Crippen LogP contribution in [-0.4, -0.2) is 23.3 Å². The largest absolute Gasteiger partial charge is 0.383 e. The quantitative estimate of drug-likeness (QED) is 0.723. The number of ether oxygens (including phenoxy) is 1. The Kier molecular flexibility index (Phi) is 3.76. The molecule has 0 radical (unpaired) electrons. The molecule has 1 heterocycles. The minimum atomic E-state index is 0.679. The number of hydrogen-bond donors (Lipinski definition) is 0. The van der Waals surface area contributed by atoms with E-state index >= 15 is 0 Å². The van der Waals surface area contributed by atoms with Gasteiger partial charge in [-0.15, -0.1) is 0 Å². The van der Waals surface area contributed by atoms with Gasteiger partial charge in [0.1, 0.15) is 5.82 Å². The maximum atomic E-state index is 5.26. The molecule has 3 aromatic rings. The minimum Gasteiger partial charge on any atom is -0.383 e. The van der Waals surface area contributed by atoms with Crippen molar-refractivity contribution in [3.8, 4) is 11.4 Å². The van der Waals surface area contributed by atoms with Gasteiger partial charge in [-0.1, -0.05) is 35.9 Å². The zero-order valence-electron chi connectivity index (χ0n) is 12.8. The van der Waals surface area contributed by atoms with Crippen LogP contribution in [0.1, 0.15) is 11.1 Å². The molecule has 0 aliphatic heterocycles. The van der Waals surface area contributed by atoms with Gasteiger partial charge in [-0.05, 0) is 31.5 Å². The van der Waals surface area contributed by atoms with E-state index in [1.54, 1.807) is 7.11 Å². The van der Waals surface area contributed by atoms with Gasteiger partial charge in [0.2, 0.25) is 0 Å². The first-order valence-corrected chi connectivity index (χ1v) is 7.22. The summed E-state index contributed by atoms with van der Waals surface area (Å²) in [7, 11) is 1.73. The Morgan fingerprint density at radius 3 is 2.67 bits per heavy atom. The second kappa shape index (κ2) is 5.70. The van der Waals surface area contributed by atoms with E-state index in [2.05, 4.69) is 54.8 Å². The van der Waals surface area contributed by atoms with Crippen LogP contribution < -0.4 is 0 Å². The van der Waals surface area contributed by atoms with Crippen LogP contribution in [0.15, 0.2) is 42.5 Å². The van der Waals surface area contributed by atoms with Crippen molar-refractivity contribution in [1.29, 1.82) is 0 Å². The van der Waals surface area contributed by atoms with Crippen LogP contribution in [0.3, 0.4) is 0 Å². The molecule has 2 aromatic carbocycles. The fourth-order valence-corrected chi connectivity index (χ4v) is 2.75. The van der Waals surface area contributed by atoms with Gasteiger partial charge in [-0.2, -0.15) is 0 Å². The van der Waals surface area contributed by atoms with Crippen molar-refractivity contribution in [2.24, 2.45) is 0 Å². The van der Waals surface area contributed by atoms with Crippen LogP contribution in [0.2, 0.25) is 0 Å². The third-order valence-electron chi connectivity index (χ3n) is 3.80. The predicted molar refractivity (Wildman–Crippen MR) is 86.5 cm³/mol. The van der Waals surface area contributed by atoms with E-state index in [1.165, 1.54) is 16.7 Å². The minimum absolute atomic E-state index is 0.679. The molecule has 0 fully saturated rings. The molecular formula is C18H20N2O. The fourth-order valence-electron chi connectivity index (χ4n) is 2.75. The normalized spacial score (nSPS) is 11.2. The molecule has 0 aliphatic carbocycles. The number of para-hydroxylation sites is 2. The molecule has 3 heteroatoms. The van der Waals surface area contributed by atoms with Crippen LogP contribution in [-0.2, 0) is 11.3 Å². The van der Waals surface area contributed by atoms with Crippen molar-refractivity contribution < 1.29 is 4.74 Å². The molecule has 1 aromatic heterocycles. The van der Waals surface area contributed by atoms with Gasteiger partial charge < -0.3 is 9.30 Å². The van der Waals surface area contributed by atoms with E-state index in [9.17, 15) is 0 Å². The van der Waals surface area contributed by atoms with Gasteiger partial charge in [0.15, 0.2) is 0 Å². The Balaban J connectivity index is 2.20. The number of fused-ring (bicyclic) bond motifs is 1. The number of methoxy groups -OCH3 is 1. The summed E-state index contributed by atoms with van der Waals surface area (Å²) in [5.41, 5.74) is 5.90. The number of aromatic nitrogens is 2. The van der Waals surface area contributed by atoms with Gasteiger partial charge in [0, 0.05) is 19.2 Å². The lowest BCUT2D eigenvalue weighted by Gasteiger charge is -2.11. The summed E-state index contributed by atoms with van der Waals surface area (Å²) in [5.74, 6) is 1.02. The van der Waals surface area contributed by atoms with E-state index in [0.29, 0.717) is 6.61 Å². The lowest BCUT2D eigenvalue weighted by atomic mass is 10.1. The lowest BCUT2D eigenvalue weighted by molar-refractivity contribution is 0.188. The van der Waals surface area contributed by atoms with Gasteiger partial charge in [-0.3, -0.25) is 0 Å². The summed E-state index contributed by atoms with van der Waals surface area (Å²) in [4.78, 5) is 4.83. The van der Waals surface area contributed by atoms with Gasteiger partial charge in [0.05, 0.1) is 17.6 Å². The summed E-state index contributed by atoms with van der Waals surface area (Å²) < 4.78 is 7.50. The van der Waals surface area contributed by atoms with Crippen molar-refractivity contribution in [2.45, 2.75) is 20.4 Å². The molecule has 0 N–H and O–H groups in total. The first-order valence-electron chi connectivity index (χ1n) is 7.22. The van der Waals surface area contributed by atoms with Gasteiger partial charge in [0.25, 0.3) is 0 Å². The SMILES string of the molecule is COCCn1c(-c2ccc(C)cc2C)nc2ccccc21. The summed E-state index contributed by atoms with van der Waals surface area (Å²) in [6.45, 7) is 5.74. The summed E-state index contributed by atoms with van der Waals surface area (Å²) in [6, 6.07) is 14.8. The van der Waals surface area contributed by atoms with E-state index in [4.69, 9.17) is 9.72 Å². The average molecular weight is 280 g/mol. The molecule has 21 heavy (non-hydrogen) atoms. The van der Waals surface area contributed by atoms with E-state index in [0.717, 1.165) is 23.4 Å². The Labute approximate surface area is 125 Å². The van der Waals surface area contributed by atoms with E-state index < -0.39 is 0 Å². The van der Waals surface area contributed by atoms with Crippen molar-refractivity contribution in [2.75, 3.05) is 13.7 Å². The first kappa shape index (κ1) is 13.8. The predicted octanol–water partition coefficient (Wildman–Crippen LogP) is 3.97. The molecule has 0 amide bonds. The maximum Gasteiger partial charge on any atom is 0.141 e. The molecule has 3 rings (SSSR count). The monoisotopic (exact) mass is 280 g/mol. The van der Waals surface area contributed by atoms with Crippen molar-refractivity contribution in [1.82, 2.24) is 9.55 Å². The Morgan fingerprint density at radius 2 is 1.90 bits per heavy atom. The number of rotatable bonds is 4. The molecule has 0 saturated heterocycles. The highest BCUT2D eigenvalue weighted by Gasteiger charge is 2.13. The zero-order valence-corrected chi connectivity index (χ0v) is 12.8. The second-order valence-corrected chi connectivity index (χ2v) is 5.39. The smallest absolute Gasteiger partial charge is 0.141 e. The Hall–Kier alpha value is -2.13. The third kappa shape index (κ3) is 2.57. The highest BCUT2D eigenvalue weighted by Crippen LogP contribution is 2.27. The van der Waals surface area contributed by atoms with E-state index in [-0.39, 0.29) is 0 Å². The summed E-state index contributed by atoms with van der Waals surface area (Å²) >= 11 is 0. The van der Waals surface area contributed by atoms with Crippen molar-refractivity contribution in [3.05, 3.63) is 53.6 Å². The molecule has 0 unspecified atom stereocenters. The molecule has 3 nitrogen and oxygen atoms in total. The van der Waals surface area contributed by atoms with Crippen LogP contribution in [0, 0.1) is 13.8 Å². The third-order valence-corrected chi connectivity index (χ3v) is 3.80. The van der Waals surface area contributed by atoms with Gasteiger partial charge >= 0.3 is 0 Å². The average Bonchev–Trinajstić information content (AvgIpc) is 2.83. The second-order valence-electron chi connectivity index (χ2n) is 5.39. The fraction of sp³-hybridized carbons (Fsp3) is 0.278. The molecular weight excluding hydrogens is 260 g/mol. The van der Waals surface area contributed by atoms with E-state index in [1.807, 2.05) is 6.07 Å². The van der Waals surface area contributed by atoms with Crippen molar-refractivity contribution >= 4 is 11.0 Å². The molecule has 0 bridgehead atoms. The zero-order chi connectivity index (χ0) is 14.8.